The molecule has 14 heavy (non-hydrogen) atoms. The molecule has 0 spiro atoms. The molecule has 0 aromatic rings. The van der Waals surface area contributed by atoms with E-state index in [1.807, 2.05) is 13.8 Å². The molecule has 4 nitrogen and oxygen atoms in total. The number of hydrogen-bond acceptors (Lipinski definition) is 3. The van der Waals surface area contributed by atoms with Crippen molar-refractivity contribution in [1.29, 1.82) is 0 Å². The van der Waals surface area contributed by atoms with E-state index < -0.39 is 5.97 Å². The summed E-state index contributed by atoms with van der Waals surface area (Å²) >= 11 is 0. The van der Waals surface area contributed by atoms with Gasteiger partial charge in [0, 0.05) is 6.04 Å². The minimum Gasteiger partial charge on any atom is -0.466 e. The lowest BCUT2D eigenvalue weighted by Gasteiger charge is -2.13. The van der Waals surface area contributed by atoms with Crippen LogP contribution in [0.5, 0.6) is 0 Å². The number of carbonyl (C=O) groups is 2. The molecule has 0 fully saturated rings. The van der Waals surface area contributed by atoms with Crippen molar-refractivity contribution in [1.82, 2.24) is 5.32 Å². The van der Waals surface area contributed by atoms with Crippen LogP contribution in [0.1, 0.15) is 40.0 Å². The van der Waals surface area contributed by atoms with E-state index in [9.17, 15) is 9.59 Å². The summed E-state index contributed by atoms with van der Waals surface area (Å²) in [5.41, 5.74) is 0. The highest BCUT2D eigenvalue weighted by Crippen LogP contribution is 1.97. The van der Waals surface area contributed by atoms with E-state index in [1.54, 1.807) is 6.92 Å². The Balaban J connectivity index is 3.79. The fourth-order valence-electron chi connectivity index (χ4n) is 1.11. The molecule has 0 unspecified atom stereocenters. The first-order chi connectivity index (χ1) is 6.63. The van der Waals surface area contributed by atoms with Crippen molar-refractivity contribution in [3.63, 3.8) is 0 Å². The predicted octanol–water partition coefficient (Wildman–Crippen LogP) is 1.24. The summed E-state index contributed by atoms with van der Waals surface area (Å²) in [6.07, 6.45) is 1.58. The molecule has 0 aromatic heterocycles. The van der Waals surface area contributed by atoms with E-state index in [0.29, 0.717) is 6.61 Å². The van der Waals surface area contributed by atoms with E-state index in [1.165, 1.54) is 0 Å². The van der Waals surface area contributed by atoms with Crippen molar-refractivity contribution in [2.75, 3.05) is 6.61 Å². The van der Waals surface area contributed by atoms with Crippen LogP contribution < -0.4 is 5.32 Å². The number of amides is 1. The van der Waals surface area contributed by atoms with Crippen LogP contribution in [0.15, 0.2) is 0 Å². The van der Waals surface area contributed by atoms with E-state index >= 15 is 0 Å². The molecule has 0 bridgehead atoms. The molecule has 0 aliphatic rings. The second kappa shape index (κ2) is 7.35. The van der Waals surface area contributed by atoms with Crippen molar-refractivity contribution >= 4 is 11.9 Å². The van der Waals surface area contributed by atoms with Gasteiger partial charge in [-0.2, -0.15) is 0 Å². The van der Waals surface area contributed by atoms with Gasteiger partial charge in [0.15, 0.2) is 0 Å². The zero-order valence-corrected chi connectivity index (χ0v) is 9.13. The SMILES string of the molecule is CCOC(=O)CC(=O)NC(CC)CC. The highest BCUT2D eigenvalue weighted by atomic mass is 16.5. The quantitative estimate of drug-likeness (QED) is 0.519. The van der Waals surface area contributed by atoms with E-state index in [2.05, 4.69) is 10.1 Å². The van der Waals surface area contributed by atoms with Gasteiger partial charge < -0.3 is 10.1 Å². The molecule has 0 aliphatic carbocycles. The Morgan fingerprint density at radius 2 is 1.79 bits per heavy atom. The van der Waals surface area contributed by atoms with Crippen LogP contribution in [-0.2, 0) is 14.3 Å². The van der Waals surface area contributed by atoms with Crippen LogP contribution in [0, 0.1) is 0 Å². The van der Waals surface area contributed by atoms with Crippen LogP contribution in [-0.4, -0.2) is 24.5 Å². The number of hydrogen-bond donors (Lipinski definition) is 1. The Morgan fingerprint density at radius 3 is 2.21 bits per heavy atom. The summed E-state index contributed by atoms with van der Waals surface area (Å²) in [6, 6.07) is 0.164. The second-order valence-electron chi connectivity index (χ2n) is 3.06. The molecule has 1 amide bonds. The highest BCUT2D eigenvalue weighted by Gasteiger charge is 2.12. The lowest BCUT2D eigenvalue weighted by molar-refractivity contribution is -0.146. The third kappa shape index (κ3) is 5.56. The lowest BCUT2D eigenvalue weighted by Crippen LogP contribution is -2.35. The van der Waals surface area contributed by atoms with Gasteiger partial charge in [-0.1, -0.05) is 13.8 Å². The van der Waals surface area contributed by atoms with Gasteiger partial charge in [-0.05, 0) is 19.8 Å². The van der Waals surface area contributed by atoms with Crippen LogP contribution in [0.3, 0.4) is 0 Å². The number of esters is 1. The van der Waals surface area contributed by atoms with Crippen molar-refractivity contribution in [2.24, 2.45) is 0 Å². The first kappa shape index (κ1) is 12.9. The summed E-state index contributed by atoms with van der Waals surface area (Å²) in [6.45, 7) is 6.03. The zero-order valence-electron chi connectivity index (χ0n) is 9.13. The molecular formula is C10H19NO3. The van der Waals surface area contributed by atoms with Crippen molar-refractivity contribution in [3.8, 4) is 0 Å². The normalized spacial score (nSPS) is 10.0. The monoisotopic (exact) mass is 201 g/mol. The second-order valence-corrected chi connectivity index (χ2v) is 3.06. The smallest absolute Gasteiger partial charge is 0.315 e. The van der Waals surface area contributed by atoms with Gasteiger partial charge in [0.2, 0.25) is 5.91 Å². The number of carbonyl (C=O) groups excluding carboxylic acids is 2. The van der Waals surface area contributed by atoms with Crippen molar-refractivity contribution in [3.05, 3.63) is 0 Å². The zero-order chi connectivity index (χ0) is 11.0. The van der Waals surface area contributed by atoms with Gasteiger partial charge in [0.05, 0.1) is 6.61 Å². The maximum atomic E-state index is 11.2. The average Bonchev–Trinajstić information content (AvgIpc) is 2.14. The maximum absolute atomic E-state index is 11.2. The van der Waals surface area contributed by atoms with Gasteiger partial charge >= 0.3 is 5.97 Å². The first-order valence-electron chi connectivity index (χ1n) is 5.08. The van der Waals surface area contributed by atoms with Crippen LogP contribution in [0.4, 0.5) is 0 Å². The number of ether oxygens (including phenoxy) is 1. The maximum Gasteiger partial charge on any atom is 0.315 e. The van der Waals surface area contributed by atoms with E-state index in [-0.39, 0.29) is 18.4 Å². The molecule has 0 saturated carbocycles. The standard InChI is InChI=1S/C10H19NO3/c1-4-8(5-2)11-9(12)7-10(13)14-6-3/h8H,4-7H2,1-3H3,(H,11,12). The number of nitrogens with one attached hydrogen (secondary N) is 1. The highest BCUT2D eigenvalue weighted by molar-refractivity contribution is 5.94. The van der Waals surface area contributed by atoms with Gasteiger partial charge in [-0.25, -0.2) is 0 Å². The Labute approximate surface area is 85.0 Å². The van der Waals surface area contributed by atoms with Gasteiger partial charge in [0.1, 0.15) is 6.42 Å². The molecule has 0 heterocycles. The lowest BCUT2D eigenvalue weighted by atomic mass is 10.1. The van der Waals surface area contributed by atoms with Crippen molar-refractivity contribution < 1.29 is 14.3 Å². The average molecular weight is 201 g/mol. The molecule has 0 rings (SSSR count). The van der Waals surface area contributed by atoms with Gasteiger partial charge in [-0.15, -0.1) is 0 Å². The van der Waals surface area contributed by atoms with E-state index in [4.69, 9.17) is 0 Å². The predicted molar refractivity (Wildman–Crippen MR) is 53.8 cm³/mol. The third-order valence-electron chi connectivity index (χ3n) is 1.96. The molecule has 1 N–H and O–H groups in total. The van der Waals surface area contributed by atoms with Crippen LogP contribution in [0.2, 0.25) is 0 Å². The Hall–Kier alpha value is -1.06. The Bertz CT molecular complexity index is 188. The minimum absolute atomic E-state index is 0.164. The summed E-state index contributed by atoms with van der Waals surface area (Å²) in [7, 11) is 0. The Kier molecular flexibility index (Phi) is 6.80. The summed E-state index contributed by atoms with van der Waals surface area (Å²) in [5.74, 6) is -0.715. The topological polar surface area (TPSA) is 55.4 Å². The number of rotatable bonds is 6. The molecule has 0 aromatic carbocycles. The molecule has 0 aliphatic heterocycles. The van der Waals surface area contributed by atoms with Crippen LogP contribution >= 0.6 is 0 Å². The fraction of sp³-hybridized carbons (Fsp3) is 0.800. The summed E-state index contributed by atoms with van der Waals surface area (Å²) < 4.78 is 4.66. The molecule has 82 valence electrons. The third-order valence-corrected chi connectivity index (χ3v) is 1.96. The molecule has 0 radical (unpaired) electrons. The van der Waals surface area contributed by atoms with Gasteiger partial charge in [-0.3, -0.25) is 9.59 Å². The van der Waals surface area contributed by atoms with Crippen molar-refractivity contribution in [2.45, 2.75) is 46.1 Å². The minimum atomic E-state index is -0.462. The Morgan fingerprint density at radius 1 is 1.21 bits per heavy atom. The largest absolute Gasteiger partial charge is 0.466 e. The van der Waals surface area contributed by atoms with Crippen LogP contribution in [0.25, 0.3) is 0 Å². The molecule has 4 heteroatoms. The van der Waals surface area contributed by atoms with Gasteiger partial charge in [0.25, 0.3) is 0 Å². The molecule has 0 atom stereocenters. The summed E-state index contributed by atoms with van der Waals surface area (Å²) in [4.78, 5) is 22.2. The fourth-order valence-corrected chi connectivity index (χ4v) is 1.11. The molecule has 0 saturated heterocycles. The summed E-state index contributed by atoms with van der Waals surface area (Å²) in [5, 5.41) is 2.77. The first-order valence-corrected chi connectivity index (χ1v) is 5.08. The van der Waals surface area contributed by atoms with E-state index in [0.717, 1.165) is 12.8 Å². The molecular weight excluding hydrogens is 182 g/mol.